The molecule has 2 rings (SSSR count). The third-order valence-electron chi connectivity index (χ3n) is 3.29. The fourth-order valence-electron chi connectivity index (χ4n) is 1.91. The summed E-state index contributed by atoms with van der Waals surface area (Å²) in [5.74, 6) is 0.830. The number of hydrogen-bond acceptors (Lipinski definition) is 4. The second-order valence-corrected chi connectivity index (χ2v) is 4.82. The Morgan fingerprint density at radius 2 is 2.24 bits per heavy atom. The van der Waals surface area contributed by atoms with Crippen molar-refractivity contribution in [2.24, 2.45) is 5.41 Å². The lowest BCUT2D eigenvalue weighted by Crippen LogP contribution is -2.33. The van der Waals surface area contributed by atoms with E-state index in [2.05, 4.69) is 23.3 Å². The molecule has 0 spiro atoms. The number of rotatable bonds is 3. The van der Waals surface area contributed by atoms with E-state index in [9.17, 15) is 0 Å². The summed E-state index contributed by atoms with van der Waals surface area (Å²) in [7, 11) is 0. The number of aromatic nitrogens is 1. The van der Waals surface area contributed by atoms with Crippen LogP contribution in [0.4, 0.5) is 5.82 Å². The molecule has 1 aromatic rings. The molecular weight excluding hydrogens is 214 g/mol. The lowest BCUT2D eigenvalue weighted by Gasteiger charge is -2.33. The second kappa shape index (κ2) is 5.15. The first-order valence-electron chi connectivity index (χ1n) is 5.90. The van der Waals surface area contributed by atoms with Gasteiger partial charge in [-0.05, 0) is 30.4 Å². The zero-order valence-electron chi connectivity index (χ0n) is 10.1. The second-order valence-electron chi connectivity index (χ2n) is 4.82. The predicted octanol–water partition coefficient (Wildman–Crippen LogP) is 2.18. The summed E-state index contributed by atoms with van der Waals surface area (Å²) in [5.41, 5.74) is 0.876. The molecule has 1 aromatic heterocycles. The third-order valence-corrected chi connectivity index (χ3v) is 3.29. The van der Waals surface area contributed by atoms with Gasteiger partial charge in [-0.3, -0.25) is 0 Å². The van der Waals surface area contributed by atoms with E-state index >= 15 is 0 Å². The molecule has 0 aromatic carbocycles. The topological polar surface area (TPSA) is 57.9 Å². The van der Waals surface area contributed by atoms with Crippen molar-refractivity contribution in [3.8, 4) is 6.07 Å². The minimum Gasteiger partial charge on any atom is -0.381 e. The van der Waals surface area contributed by atoms with Gasteiger partial charge in [0, 0.05) is 26.0 Å². The van der Waals surface area contributed by atoms with E-state index in [-0.39, 0.29) is 5.41 Å². The molecule has 0 saturated carbocycles. The number of pyridine rings is 1. The molecular formula is C13H17N3O. The minimum absolute atomic E-state index is 0.286. The third kappa shape index (κ3) is 3.18. The number of hydrogen-bond donors (Lipinski definition) is 1. The van der Waals surface area contributed by atoms with Crippen molar-refractivity contribution in [1.82, 2.24) is 4.98 Å². The van der Waals surface area contributed by atoms with Gasteiger partial charge in [0.1, 0.15) is 11.9 Å². The fourth-order valence-corrected chi connectivity index (χ4v) is 1.91. The van der Waals surface area contributed by atoms with E-state index < -0.39 is 0 Å². The monoisotopic (exact) mass is 231 g/mol. The van der Waals surface area contributed by atoms with Crippen LogP contribution < -0.4 is 5.32 Å². The van der Waals surface area contributed by atoms with Crippen molar-refractivity contribution in [2.75, 3.05) is 25.1 Å². The van der Waals surface area contributed by atoms with Crippen molar-refractivity contribution in [2.45, 2.75) is 19.8 Å². The van der Waals surface area contributed by atoms with Crippen LogP contribution in [0.2, 0.25) is 0 Å². The molecule has 1 fully saturated rings. The molecule has 1 N–H and O–H groups in total. The standard InChI is InChI=1S/C13H17N3O/c1-13(4-6-17-7-5-13)10-16-12-3-2-11(8-14)9-15-12/h2-3,9H,4-7,10H2,1H3,(H,15,16). The number of anilines is 1. The van der Waals surface area contributed by atoms with Crippen LogP contribution in [0.3, 0.4) is 0 Å². The number of ether oxygens (including phenoxy) is 1. The normalized spacial score (nSPS) is 18.4. The quantitative estimate of drug-likeness (QED) is 0.866. The van der Waals surface area contributed by atoms with Gasteiger partial charge >= 0.3 is 0 Å². The molecule has 0 atom stereocenters. The van der Waals surface area contributed by atoms with Crippen molar-refractivity contribution < 1.29 is 4.74 Å². The van der Waals surface area contributed by atoms with E-state index in [1.54, 1.807) is 12.3 Å². The molecule has 1 aliphatic rings. The van der Waals surface area contributed by atoms with Gasteiger partial charge in [0.25, 0.3) is 0 Å². The lowest BCUT2D eigenvalue weighted by atomic mass is 9.82. The van der Waals surface area contributed by atoms with Gasteiger partial charge in [-0.15, -0.1) is 0 Å². The van der Waals surface area contributed by atoms with Crippen LogP contribution in [0, 0.1) is 16.7 Å². The number of nitriles is 1. The zero-order chi connectivity index (χ0) is 12.1. The Hall–Kier alpha value is -1.60. The molecule has 4 nitrogen and oxygen atoms in total. The molecule has 0 radical (unpaired) electrons. The Balaban J connectivity index is 1.90. The molecule has 2 heterocycles. The first kappa shape index (κ1) is 11.9. The fraction of sp³-hybridized carbons (Fsp3) is 0.538. The highest BCUT2D eigenvalue weighted by Gasteiger charge is 2.26. The maximum atomic E-state index is 8.68. The van der Waals surface area contributed by atoms with Gasteiger partial charge in [-0.1, -0.05) is 6.92 Å². The molecule has 17 heavy (non-hydrogen) atoms. The molecule has 0 bridgehead atoms. The smallest absolute Gasteiger partial charge is 0.125 e. The Morgan fingerprint density at radius 1 is 1.47 bits per heavy atom. The van der Waals surface area contributed by atoms with Gasteiger partial charge in [-0.2, -0.15) is 5.26 Å². The Bertz CT molecular complexity index is 402. The van der Waals surface area contributed by atoms with E-state index in [4.69, 9.17) is 10.00 Å². The van der Waals surface area contributed by atoms with E-state index in [1.807, 2.05) is 6.07 Å². The Labute approximate surface area is 102 Å². The average Bonchev–Trinajstić information content (AvgIpc) is 2.38. The summed E-state index contributed by atoms with van der Waals surface area (Å²) in [5, 5.41) is 12.0. The molecule has 1 aliphatic heterocycles. The zero-order valence-corrected chi connectivity index (χ0v) is 10.1. The summed E-state index contributed by atoms with van der Waals surface area (Å²) in [6.45, 7) is 4.86. The van der Waals surface area contributed by atoms with Gasteiger partial charge < -0.3 is 10.1 Å². The maximum Gasteiger partial charge on any atom is 0.125 e. The average molecular weight is 231 g/mol. The van der Waals surface area contributed by atoms with Crippen LogP contribution in [0.5, 0.6) is 0 Å². The summed E-state index contributed by atoms with van der Waals surface area (Å²) >= 11 is 0. The molecule has 0 amide bonds. The number of nitrogens with zero attached hydrogens (tertiary/aromatic N) is 2. The van der Waals surface area contributed by atoms with E-state index in [0.29, 0.717) is 5.56 Å². The molecule has 0 aliphatic carbocycles. The van der Waals surface area contributed by atoms with Gasteiger partial charge in [-0.25, -0.2) is 4.98 Å². The highest BCUT2D eigenvalue weighted by molar-refractivity contribution is 5.39. The highest BCUT2D eigenvalue weighted by atomic mass is 16.5. The summed E-state index contributed by atoms with van der Waals surface area (Å²) in [4.78, 5) is 4.20. The van der Waals surface area contributed by atoms with Crippen molar-refractivity contribution >= 4 is 5.82 Å². The molecule has 1 saturated heterocycles. The first-order valence-corrected chi connectivity index (χ1v) is 5.90. The van der Waals surface area contributed by atoms with Crippen LogP contribution in [-0.4, -0.2) is 24.7 Å². The highest BCUT2D eigenvalue weighted by Crippen LogP contribution is 2.29. The van der Waals surface area contributed by atoms with Gasteiger partial charge in [0.15, 0.2) is 0 Å². The molecule has 0 unspecified atom stereocenters. The van der Waals surface area contributed by atoms with E-state index in [1.165, 1.54) is 0 Å². The minimum atomic E-state index is 0.286. The Kier molecular flexibility index (Phi) is 3.60. The van der Waals surface area contributed by atoms with Crippen molar-refractivity contribution in [3.05, 3.63) is 23.9 Å². The SMILES string of the molecule is CC1(CNc2ccc(C#N)cn2)CCOCC1. The van der Waals surface area contributed by atoms with Crippen LogP contribution in [0.15, 0.2) is 18.3 Å². The predicted molar refractivity (Wildman–Crippen MR) is 65.6 cm³/mol. The summed E-state index contributed by atoms with van der Waals surface area (Å²) in [6, 6.07) is 5.69. The summed E-state index contributed by atoms with van der Waals surface area (Å²) in [6.07, 6.45) is 3.75. The maximum absolute atomic E-state index is 8.68. The lowest BCUT2D eigenvalue weighted by molar-refractivity contribution is 0.0300. The molecule has 90 valence electrons. The summed E-state index contributed by atoms with van der Waals surface area (Å²) < 4.78 is 5.37. The van der Waals surface area contributed by atoms with Crippen LogP contribution in [0.25, 0.3) is 0 Å². The largest absolute Gasteiger partial charge is 0.381 e. The van der Waals surface area contributed by atoms with Gasteiger partial charge in [0.2, 0.25) is 0 Å². The number of nitrogens with one attached hydrogen (secondary N) is 1. The van der Waals surface area contributed by atoms with Crippen molar-refractivity contribution in [3.63, 3.8) is 0 Å². The first-order chi connectivity index (χ1) is 8.22. The Morgan fingerprint density at radius 3 is 2.82 bits per heavy atom. The molecule has 4 heteroatoms. The van der Waals surface area contributed by atoms with Crippen LogP contribution >= 0.6 is 0 Å². The van der Waals surface area contributed by atoms with Crippen molar-refractivity contribution in [1.29, 1.82) is 5.26 Å². The van der Waals surface area contributed by atoms with Crippen LogP contribution in [0.1, 0.15) is 25.3 Å². The van der Waals surface area contributed by atoms with E-state index in [0.717, 1.165) is 38.4 Å². The van der Waals surface area contributed by atoms with Crippen LogP contribution in [-0.2, 0) is 4.74 Å². The van der Waals surface area contributed by atoms with Gasteiger partial charge in [0.05, 0.1) is 5.56 Å².